The van der Waals surface area contributed by atoms with Crippen molar-refractivity contribution in [1.29, 1.82) is 0 Å². The van der Waals surface area contributed by atoms with Crippen molar-refractivity contribution < 1.29 is 4.79 Å². The van der Waals surface area contributed by atoms with E-state index in [4.69, 9.17) is 0 Å². The maximum atomic E-state index is 11.8. The van der Waals surface area contributed by atoms with Crippen LogP contribution < -0.4 is 5.32 Å². The van der Waals surface area contributed by atoms with Crippen molar-refractivity contribution in [1.82, 2.24) is 20.5 Å². The molecule has 0 radical (unpaired) electrons. The van der Waals surface area contributed by atoms with Crippen molar-refractivity contribution in [3.8, 4) is 0 Å². The predicted octanol–water partition coefficient (Wildman–Crippen LogP) is 1.93. The molecule has 2 aromatic heterocycles. The van der Waals surface area contributed by atoms with Crippen LogP contribution in [0.25, 0.3) is 10.9 Å². The van der Waals surface area contributed by atoms with Crippen molar-refractivity contribution in [2.45, 2.75) is 6.42 Å². The van der Waals surface area contributed by atoms with Gasteiger partial charge in [-0.25, -0.2) is 0 Å². The SMILES string of the molecule is O=C(NCCc1c[nH]c2ccccc12)c1cccnn1. The first-order valence-corrected chi connectivity index (χ1v) is 6.45. The van der Waals surface area contributed by atoms with Gasteiger partial charge in [0.05, 0.1) is 0 Å². The summed E-state index contributed by atoms with van der Waals surface area (Å²) in [6.45, 7) is 0.567. The highest BCUT2D eigenvalue weighted by Crippen LogP contribution is 2.17. The highest BCUT2D eigenvalue weighted by atomic mass is 16.1. The normalized spacial score (nSPS) is 10.6. The van der Waals surface area contributed by atoms with Crippen LogP contribution in [0.4, 0.5) is 0 Å². The smallest absolute Gasteiger partial charge is 0.271 e. The Labute approximate surface area is 116 Å². The van der Waals surface area contributed by atoms with Crippen molar-refractivity contribution in [3.63, 3.8) is 0 Å². The topological polar surface area (TPSA) is 70.7 Å². The largest absolute Gasteiger partial charge is 0.361 e. The fraction of sp³-hybridized carbons (Fsp3) is 0.133. The minimum Gasteiger partial charge on any atom is -0.361 e. The summed E-state index contributed by atoms with van der Waals surface area (Å²) < 4.78 is 0. The van der Waals surface area contributed by atoms with Crippen LogP contribution in [0.5, 0.6) is 0 Å². The van der Waals surface area contributed by atoms with Gasteiger partial charge in [0.15, 0.2) is 5.69 Å². The summed E-state index contributed by atoms with van der Waals surface area (Å²) in [5.74, 6) is -0.196. The van der Waals surface area contributed by atoms with Gasteiger partial charge in [-0.2, -0.15) is 5.10 Å². The van der Waals surface area contributed by atoms with Gasteiger partial charge in [0.25, 0.3) is 5.91 Å². The summed E-state index contributed by atoms with van der Waals surface area (Å²) in [6.07, 6.45) is 4.30. The molecule has 0 fully saturated rings. The average molecular weight is 266 g/mol. The first kappa shape index (κ1) is 12.3. The maximum Gasteiger partial charge on any atom is 0.271 e. The van der Waals surface area contributed by atoms with Gasteiger partial charge in [-0.05, 0) is 30.2 Å². The number of carbonyl (C=O) groups is 1. The zero-order valence-corrected chi connectivity index (χ0v) is 10.8. The fourth-order valence-electron chi connectivity index (χ4n) is 2.16. The van der Waals surface area contributed by atoms with Crippen molar-refractivity contribution in [2.75, 3.05) is 6.54 Å². The molecule has 0 saturated carbocycles. The van der Waals surface area contributed by atoms with Gasteiger partial charge in [0, 0.05) is 29.8 Å². The third-order valence-corrected chi connectivity index (χ3v) is 3.16. The van der Waals surface area contributed by atoms with Crippen LogP contribution in [-0.2, 0) is 6.42 Å². The molecule has 0 spiro atoms. The van der Waals surface area contributed by atoms with E-state index in [0.29, 0.717) is 12.2 Å². The number of rotatable bonds is 4. The number of amides is 1. The Hall–Kier alpha value is -2.69. The lowest BCUT2D eigenvalue weighted by atomic mass is 10.1. The van der Waals surface area contributed by atoms with E-state index in [1.165, 1.54) is 10.9 Å². The van der Waals surface area contributed by atoms with Crippen LogP contribution in [0, 0.1) is 0 Å². The van der Waals surface area contributed by atoms with Crippen molar-refractivity contribution >= 4 is 16.8 Å². The summed E-state index contributed by atoms with van der Waals surface area (Å²) in [6, 6.07) is 11.5. The van der Waals surface area contributed by atoms with E-state index in [1.54, 1.807) is 18.3 Å². The van der Waals surface area contributed by atoms with Gasteiger partial charge in [0.2, 0.25) is 0 Å². The van der Waals surface area contributed by atoms with Gasteiger partial charge in [-0.1, -0.05) is 18.2 Å². The standard InChI is InChI=1S/C15H14N4O/c20-15(14-6-3-8-18-19-14)16-9-7-11-10-17-13-5-2-1-4-12(11)13/h1-6,8,10,17H,7,9H2,(H,16,20). The summed E-state index contributed by atoms with van der Waals surface area (Å²) in [5.41, 5.74) is 2.65. The minimum atomic E-state index is -0.196. The van der Waals surface area contributed by atoms with Crippen molar-refractivity contribution in [3.05, 3.63) is 60.0 Å². The highest BCUT2D eigenvalue weighted by molar-refractivity contribution is 5.92. The maximum absolute atomic E-state index is 11.8. The molecule has 1 aromatic carbocycles. The lowest BCUT2D eigenvalue weighted by Gasteiger charge is -2.03. The molecule has 5 heteroatoms. The van der Waals surface area contributed by atoms with E-state index in [2.05, 4.69) is 26.6 Å². The first-order valence-electron chi connectivity index (χ1n) is 6.45. The molecule has 2 N–H and O–H groups in total. The Kier molecular flexibility index (Phi) is 3.41. The zero-order chi connectivity index (χ0) is 13.8. The Morgan fingerprint density at radius 1 is 1.20 bits per heavy atom. The molecule has 2 heterocycles. The molecular formula is C15H14N4O. The van der Waals surface area contributed by atoms with Crippen LogP contribution >= 0.6 is 0 Å². The molecule has 20 heavy (non-hydrogen) atoms. The molecule has 0 bridgehead atoms. The number of benzene rings is 1. The number of nitrogens with one attached hydrogen (secondary N) is 2. The zero-order valence-electron chi connectivity index (χ0n) is 10.8. The molecule has 3 aromatic rings. The van der Waals surface area contributed by atoms with E-state index in [9.17, 15) is 4.79 Å². The number of carbonyl (C=O) groups excluding carboxylic acids is 1. The monoisotopic (exact) mass is 266 g/mol. The van der Waals surface area contributed by atoms with E-state index in [1.807, 2.05) is 24.4 Å². The van der Waals surface area contributed by atoms with Crippen molar-refractivity contribution in [2.24, 2.45) is 0 Å². The highest BCUT2D eigenvalue weighted by Gasteiger charge is 2.07. The van der Waals surface area contributed by atoms with E-state index in [-0.39, 0.29) is 5.91 Å². The number of hydrogen-bond acceptors (Lipinski definition) is 3. The molecule has 0 saturated heterocycles. The third-order valence-electron chi connectivity index (χ3n) is 3.16. The second-order valence-corrected chi connectivity index (χ2v) is 4.47. The number of para-hydroxylation sites is 1. The predicted molar refractivity (Wildman–Crippen MR) is 76.4 cm³/mol. The number of aromatic nitrogens is 3. The average Bonchev–Trinajstić information content (AvgIpc) is 2.92. The van der Waals surface area contributed by atoms with E-state index in [0.717, 1.165) is 11.9 Å². The number of aromatic amines is 1. The van der Waals surface area contributed by atoms with Gasteiger partial charge < -0.3 is 10.3 Å². The molecule has 0 atom stereocenters. The van der Waals surface area contributed by atoms with Gasteiger partial charge >= 0.3 is 0 Å². The third kappa shape index (κ3) is 2.51. The van der Waals surface area contributed by atoms with Gasteiger partial charge in [-0.15, -0.1) is 5.10 Å². The molecular weight excluding hydrogens is 252 g/mol. The van der Waals surface area contributed by atoms with Crippen LogP contribution in [0.3, 0.4) is 0 Å². The van der Waals surface area contributed by atoms with Crippen LogP contribution in [-0.4, -0.2) is 27.6 Å². The number of nitrogens with zero attached hydrogens (tertiary/aromatic N) is 2. The lowest BCUT2D eigenvalue weighted by molar-refractivity contribution is 0.0948. The summed E-state index contributed by atoms with van der Waals surface area (Å²) >= 11 is 0. The second kappa shape index (κ2) is 5.52. The second-order valence-electron chi connectivity index (χ2n) is 4.47. The minimum absolute atomic E-state index is 0.196. The summed E-state index contributed by atoms with van der Waals surface area (Å²) in [4.78, 5) is 15.0. The first-order chi connectivity index (χ1) is 9.84. The van der Waals surface area contributed by atoms with Crippen LogP contribution in [0.1, 0.15) is 16.1 Å². The van der Waals surface area contributed by atoms with Gasteiger partial charge in [0.1, 0.15) is 0 Å². The molecule has 0 aliphatic carbocycles. The lowest BCUT2D eigenvalue weighted by Crippen LogP contribution is -2.26. The van der Waals surface area contributed by atoms with Crippen LogP contribution in [0.15, 0.2) is 48.8 Å². The Morgan fingerprint density at radius 3 is 2.95 bits per heavy atom. The summed E-state index contributed by atoms with van der Waals surface area (Å²) in [5, 5.41) is 11.5. The van der Waals surface area contributed by atoms with Gasteiger partial charge in [-0.3, -0.25) is 4.79 Å². The van der Waals surface area contributed by atoms with E-state index < -0.39 is 0 Å². The molecule has 5 nitrogen and oxygen atoms in total. The Bertz CT molecular complexity index is 721. The summed E-state index contributed by atoms with van der Waals surface area (Å²) in [7, 11) is 0. The molecule has 0 unspecified atom stereocenters. The quantitative estimate of drug-likeness (QED) is 0.758. The number of hydrogen-bond donors (Lipinski definition) is 2. The molecule has 1 amide bonds. The molecule has 0 aliphatic rings. The Balaban J connectivity index is 1.62. The number of H-pyrrole nitrogens is 1. The van der Waals surface area contributed by atoms with Crippen LogP contribution in [0.2, 0.25) is 0 Å². The molecule has 3 rings (SSSR count). The van der Waals surface area contributed by atoms with E-state index >= 15 is 0 Å². The molecule has 0 aliphatic heterocycles. The number of fused-ring (bicyclic) bond motifs is 1. The fourth-order valence-corrected chi connectivity index (χ4v) is 2.16. The Morgan fingerprint density at radius 2 is 2.10 bits per heavy atom. The molecule has 100 valence electrons.